The lowest BCUT2D eigenvalue weighted by molar-refractivity contribution is 0.0730. The summed E-state index contributed by atoms with van der Waals surface area (Å²) in [6.07, 6.45) is 0. The van der Waals surface area contributed by atoms with Gasteiger partial charge in [-0.2, -0.15) is 4.31 Å². The van der Waals surface area contributed by atoms with E-state index in [2.05, 4.69) is 6.07 Å². The van der Waals surface area contributed by atoms with Crippen molar-refractivity contribution < 1.29 is 13.2 Å². The van der Waals surface area contributed by atoms with E-state index in [9.17, 15) is 8.42 Å². The Morgan fingerprint density at radius 1 is 1.29 bits per heavy atom. The van der Waals surface area contributed by atoms with E-state index in [4.69, 9.17) is 27.9 Å². The van der Waals surface area contributed by atoms with E-state index < -0.39 is 10.0 Å². The molecule has 7 heteroatoms. The van der Waals surface area contributed by atoms with Crippen molar-refractivity contribution in [2.24, 2.45) is 0 Å². The van der Waals surface area contributed by atoms with E-state index in [0.717, 1.165) is 0 Å². The number of rotatable bonds is 2. The Bertz CT molecular complexity index is 512. The van der Waals surface area contributed by atoms with Gasteiger partial charge in [0.25, 0.3) is 0 Å². The maximum absolute atomic E-state index is 12.2. The molecule has 1 heterocycles. The molecular weight excluding hydrogens is 285 g/mol. The van der Waals surface area contributed by atoms with E-state index in [-0.39, 0.29) is 14.9 Å². The van der Waals surface area contributed by atoms with E-state index in [1.807, 2.05) is 0 Å². The quantitative estimate of drug-likeness (QED) is 0.836. The second kappa shape index (κ2) is 5.12. The van der Waals surface area contributed by atoms with Crippen molar-refractivity contribution in [3.63, 3.8) is 0 Å². The maximum atomic E-state index is 12.2. The van der Waals surface area contributed by atoms with Gasteiger partial charge in [-0.15, -0.1) is 0 Å². The van der Waals surface area contributed by atoms with Gasteiger partial charge in [-0.3, -0.25) is 0 Å². The fourth-order valence-electron chi connectivity index (χ4n) is 1.55. The number of hydrogen-bond acceptors (Lipinski definition) is 3. The molecule has 0 bridgehead atoms. The fourth-order valence-corrected chi connectivity index (χ4v) is 3.65. The largest absolute Gasteiger partial charge is 0.379 e. The summed E-state index contributed by atoms with van der Waals surface area (Å²) < 4.78 is 30.9. The van der Waals surface area contributed by atoms with Crippen LogP contribution in [0.1, 0.15) is 0 Å². The van der Waals surface area contributed by atoms with Gasteiger partial charge in [0.2, 0.25) is 10.0 Å². The molecule has 0 unspecified atom stereocenters. The molecule has 2 rings (SSSR count). The topological polar surface area (TPSA) is 46.6 Å². The Kier molecular flexibility index (Phi) is 3.95. The van der Waals surface area contributed by atoms with E-state index in [1.54, 1.807) is 0 Å². The smallest absolute Gasteiger partial charge is 0.244 e. The summed E-state index contributed by atoms with van der Waals surface area (Å²) in [5.74, 6) is 0. The Balaban J connectivity index is 2.37. The molecule has 93 valence electrons. The summed E-state index contributed by atoms with van der Waals surface area (Å²) >= 11 is 11.6. The highest BCUT2D eigenvalue weighted by Gasteiger charge is 2.28. The number of hydrogen-bond donors (Lipinski definition) is 0. The zero-order chi connectivity index (χ0) is 12.5. The standard InChI is InChI=1S/C10H10Cl2NO3S/c11-8-1-2-10(9(12)7-8)17(14,15)13-3-5-16-6-4-13/h2,7H,3-6H2. The molecule has 0 atom stereocenters. The van der Waals surface area contributed by atoms with Crippen LogP contribution in [0.15, 0.2) is 17.0 Å². The first-order valence-electron chi connectivity index (χ1n) is 4.96. The Hall–Kier alpha value is -0.330. The van der Waals surface area contributed by atoms with Crippen molar-refractivity contribution in [1.82, 2.24) is 4.31 Å². The van der Waals surface area contributed by atoms with Crippen LogP contribution < -0.4 is 0 Å². The van der Waals surface area contributed by atoms with Crippen molar-refractivity contribution in [1.29, 1.82) is 0 Å². The van der Waals surface area contributed by atoms with Crippen LogP contribution in [0.3, 0.4) is 0 Å². The van der Waals surface area contributed by atoms with Crippen LogP contribution >= 0.6 is 23.2 Å². The Labute approximate surface area is 110 Å². The first-order chi connectivity index (χ1) is 8.01. The van der Waals surface area contributed by atoms with E-state index in [1.165, 1.54) is 16.4 Å². The highest BCUT2D eigenvalue weighted by atomic mass is 35.5. The summed E-state index contributed by atoms with van der Waals surface area (Å²) in [5, 5.41) is 0.399. The van der Waals surface area contributed by atoms with Gasteiger partial charge in [0.15, 0.2) is 0 Å². The Morgan fingerprint density at radius 3 is 2.53 bits per heavy atom. The van der Waals surface area contributed by atoms with Gasteiger partial charge in [-0.05, 0) is 12.1 Å². The number of halogens is 2. The molecule has 0 N–H and O–H groups in total. The molecule has 1 fully saturated rings. The normalized spacial score (nSPS) is 18.2. The molecule has 4 nitrogen and oxygen atoms in total. The highest BCUT2D eigenvalue weighted by molar-refractivity contribution is 7.89. The van der Waals surface area contributed by atoms with Crippen molar-refractivity contribution in [2.75, 3.05) is 26.3 Å². The number of benzene rings is 1. The van der Waals surface area contributed by atoms with Crippen molar-refractivity contribution in [2.45, 2.75) is 4.90 Å². The molecule has 1 saturated heterocycles. The minimum Gasteiger partial charge on any atom is -0.379 e. The lowest BCUT2D eigenvalue weighted by Gasteiger charge is -2.26. The number of ether oxygens (including phenoxy) is 1. The molecule has 0 aromatic heterocycles. The van der Waals surface area contributed by atoms with Gasteiger partial charge < -0.3 is 4.74 Å². The number of nitrogens with zero attached hydrogens (tertiary/aromatic N) is 1. The lowest BCUT2D eigenvalue weighted by Crippen LogP contribution is -2.40. The average Bonchev–Trinajstić information content (AvgIpc) is 2.29. The summed E-state index contributed by atoms with van der Waals surface area (Å²) in [7, 11) is -3.58. The number of sulfonamides is 1. The van der Waals surface area contributed by atoms with Gasteiger partial charge in [0.05, 0.1) is 23.3 Å². The average molecular weight is 295 g/mol. The van der Waals surface area contributed by atoms with Crippen LogP contribution in [-0.2, 0) is 14.8 Å². The molecule has 0 aliphatic carbocycles. The van der Waals surface area contributed by atoms with Crippen molar-refractivity contribution in [3.8, 4) is 0 Å². The summed E-state index contributed by atoms with van der Waals surface area (Å²) in [5.41, 5.74) is 0. The third-order valence-corrected chi connectivity index (χ3v) is 5.00. The summed E-state index contributed by atoms with van der Waals surface area (Å²) in [4.78, 5) is 0.0328. The lowest BCUT2D eigenvalue weighted by atomic mass is 10.4. The molecule has 0 amide bonds. The van der Waals surface area contributed by atoms with Gasteiger partial charge in [0.1, 0.15) is 4.90 Å². The first-order valence-corrected chi connectivity index (χ1v) is 7.16. The fraction of sp³-hybridized carbons (Fsp3) is 0.400. The van der Waals surface area contributed by atoms with Crippen LogP contribution in [0.5, 0.6) is 0 Å². The molecule has 1 aliphatic rings. The van der Waals surface area contributed by atoms with E-state index >= 15 is 0 Å². The van der Waals surface area contributed by atoms with Crippen LogP contribution in [0.4, 0.5) is 0 Å². The van der Waals surface area contributed by atoms with Crippen LogP contribution in [-0.4, -0.2) is 39.0 Å². The second-order valence-electron chi connectivity index (χ2n) is 3.51. The molecule has 17 heavy (non-hydrogen) atoms. The Morgan fingerprint density at radius 2 is 1.94 bits per heavy atom. The third-order valence-electron chi connectivity index (χ3n) is 2.42. The first kappa shape index (κ1) is 13.1. The number of morpholine rings is 1. The van der Waals surface area contributed by atoms with Crippen molar-refractivity contribution >= 4 is 33.2 Å². The third kappa shape index (κ3) is 2.74. The van der Waals surface area contributed by atoms with Crippen LogP contribution in [0.25, 0.3) is 0 Å². The monoisotopic (exact) mass is 294 g/mol. The predicted molar refractivity (Wildman–Crippen MR) is 64.9 cm³/mol. The van der Waals surface area contributed by atoms with Crippen LogP contribution in [0.2, 0.25) is 10.0 Å². The summed E-state index contributed by atoms with van der Waals surface area (Å²) in [6, 6.07) is 5.30. The van der Waals surface area contributed by atoms with Crippen molar-refractivity contribution in [3.05, 3.63) is 28.2 Å². The highest BCUT2D eigenvalue weighted by Crippen LogP contribution is 2.27. The van der Waals surface area contributed by atoms with Crippen LogP contribution in [0, 0.1) is 6.07 Å². The molecular formula is C10H10Cl2NO3S. The molecule has 1 radical (unpaired) electrons. The molecule has 0 spiro atoms. The zero-order valence-corrected chi connectivity index (χ0v) is 11.1. The molecule has 1 aromatic carbocycles. The van der Waals surface area contributed by atoms with E-state index in [0.29, 0.717) is 26.3 Å². The maximum Gasteiger partial charge on any atom is 0.244 e. The zero-order valence-electron chi connectivity index (χ0n) is 8.82. The molecule has 0 saturated carbocycles. The van der Waals surface area contributed by atoms with Gasteiger partial charge >= 0.3 is 0 Å². The second-order valence-corrected chi connectivity index (χ2v) is 6.23. The minimum absolute atomic E-state index is 0.0328. The molecule has 1 aromatic rings. The van der Waals surface area contributed by atoms with Gasteiger partial charge in [0, 0.05) is 19.2 Å². The van der Waals surface area contributed by atoms with Gasteiger partial charge in [-0.25, -0.2) is 8.42 Å². The predicted octanol–water partition coefficient (Wildman–Crippen LogP) is 1.81. The minimum atomic E-state index is -3.58. The molecule has 1 aliphatic heterocycles. The summed E-state index contributed by atoms with van der Waals surface area (Å²) in [6.45, 7) is 1.46. The van der Waals surface area contributed by atoms with Gasteiger partial charge in [-0.1, -0.05) is 23.2 Å². The SMILES string of the molecule is O=S(=O)(c1c[c]c(Cl)cc1Cl)N1CCOCC1.